The van der Waals surface area contributed by atoms with Gasteiger partial charge in [-0.1, -0.05) is 35.9 Å². The molecule has 4 rings (SSSR count). The lowest BCUT2D eigenvalue weighted by molar-refractivity contribution is -0.138. The third kappa shape index (κ3) is 5.49. The number of hydrogen-bond acceptors (Lipinski definition) is 4. The molecule has 2 aliphatic rings. The number of likely N-dealkylation sites (tertiary alicyclic amines) is 1. The van der Waals surface area contributed by atoms with Crippen molar-refractivity contribution in [2.45, 2.75) is 26.4 Å². The summed E-state index contributed by atoms with van der Waals surface area (Å²) in [5.74, 6) is 0.997. The first kappa shape index (κ1) is 22.3. The number of benzene rings is 2. The number of aryl methyl sites for hydroxylation is 1. The summed E-state index contributed by atoms with van der Waals surface area (Å²) in [6.45, 7) is 7.27. The van der Waals surface area contributed by atoms with E-state index in [1.807, 2.05) is 46.2 Å². The topological polar surface area (TPSA) is 53.1 Å². The molecule has 0 saturated carbocycles. The van der Waals surface area contributed by atoms with E-state index >= 15 is 0 Å². The molecule has 6 nitrogen and oxygen atoms in total. The van der Waals surface area contributed by atoms with Crippen molar-refractivity contribution in [2.75, 3.05) is 46.3 Å². The maximum absolute atomic E-state index is 13.1. The second-order valence-electron chi connectivity index (χ2n) is 9.00. The average Bonchev–Trinajstić information content (AvgIpc) is 2.83. The van der Waals surface area contributed by atoms with Gasteiger partial charge in [-0.25, -0.2) is 0 Å². The average molecular weight is 436 g/mol. The van der Waals surface area contributed by atoms with Gasteiger partial charge in [0.05, 0.1) is 0 Å². The first-order valence-corrected chi connectivity index (χ1v) is 11.5. The Hall–Kier alpha value is -2.86. The Morgan fingerprint density at radius 3 is 2.34 bits per heavy atom. The predicted octanol–water partition coefficient (Wildman–Crippen LogP) is 3.20. The molecule has 32 heavy (non-hydrogen) atoms. The fraction of sp³-hybridized carbons (Fsp3) is 0.462. The number of hydrogen-bond donors (Lipinski definition) is 0. The van der Waals surface area contributed by atoms with E-state index in [-0.39, 0.29) is 17.7 Å². The standard InChI is InChI=1S/C26H33N3O3/c1-20-5-3-6-21(17-20)19-32-24-8-4-7-23(18-24)26(31)28-11-9-22(10-12-28)25(30)29-15-13-27(2)14-16-29/h3-8,17-18,22H,9-16,19H2,1-2H3. The number of nitrogens with zero attached hydrogens (tertiary/aromatic N) is 3. The smallest absolute Gasteiger partial charge is 0.253 e. The molecule has 0 radical (unpaired) electrons. The zero-order chi connectivity index (χ0) is 22.5. The molecule has 0 aliphatic carbocycles. The van der Waals surface area contributed by atoms with Crippen molar-refractivity contribution in [2.24, 2.45) is 5.92 Å². The van der Waals surface area contributed by atoms with Gasteiger partial charge in [0.15, 0.2) is 0 Å². The zero-order valence-corrected chi connectivity index (χ0v) is 19.1. The summed E-state index contributed by atoms with van der Waals surface area (Å²) in [5.41, 5.74) is 2.94. The van der Waals surface area contributed by atoms with E-state index in [0.717, 1.165) is 44.6 Å². The van der Waals surface area contributed by atoms with Crippen molar-refractivity contribution >= 4 is 11.8 Å². The molecule has 170 valence electrons. The van der Waals surface area contributed by atoms with E-state index < -0.39 is 0 Å². The number of amides is 2. The Morgan fingerprint density at radius 1 is 0.906 bits per heavy atom. The van der Waals surface area contributed by atoms with E-state index in [4.69, 9.17) is 4.74 Å². The lowest BCUT2D eigenvalue weighted by Crippen LogP contribution is -2.51. The normalized spacial score (nSPS) is 17.9. The van der Waals surface area contributed by atoms with Crippen LogP contribution < -0.4 is 4.74 Å². The van der Waals surface area contributed by atoms with Crippen LogP contribution in [0.25, 0.3) is 0 Å². The monoisotopic (exact) mass is 435 g/mol. The van der Waals surface area contributed by atoms with Gasteiger partial charge in [0.1, 0.15) is 12.4 Å². The quantitative estimate of drug-likeness (QED) is 0.724. The largest absolute Gasteiger partial charge is 0.489 e. The molecule has 0 bridgehead atoms. The molecule has 0 unspecified atom stereocenters. The first-order chi connectivity index (χ1) is 15.5. The van der Waals surface area contributed by atoms with Gasteiger partial charge in [0, 0.05) is 50.7 Å². The molecule has 0 aromatic heterocycles. The van der Waals surface area contributed by atoms with Crippen LogP contribution in [-0.4, -0.2) is 72.8 Å². The Balaban J connectivity index is 1.30. The van der Waals surface area contributed by atoms with Crippen LogP contribution in [0.5, 0.6) is 5.75 Å². The number of carbonyl (C=O) groups excluding carboxylic acids is 2. The molecule has 2 fully saturated rings. The van der Waals surface area contributed by atoms with Crippen molar-refractivity contribution in [3.8, 4) is 5.75 Å². The summed E-state index contributed by atoms with van der Waals surface area (Å²) in [6, 6.07) is 15.6. The summed E-state index contributed by atoms with van der Waals surface area (Å²) < 4.78 is 5.92. The molecule has 2 aliphatic heterocycles. The molecule has 6 heteroatoms. The summed E-state index contributed by atoms with van der Waals surface area (Å²) >= 11 is 0. The Labute approximate surface area is 190 Å². The summed E-state index contributed by atoms with van der Waals surface area (Å²) in [4.78, 5) is 32.0. The third-order valence-electron chi connectivity index (χ3n) is 6.52. The molecule has 2 aromatic carbocycles. The van der Waals surface area contributed by atoms with Gasteiger partial charge in [-0.3, -0.25) is 9.59 Å². The highest BCUT2D eigenvalue weighted by atomic mass is 16.5. The molecular weight excluding hydrogens is 402 g/mol. The van der Waals surface area contributed by atoms with Gasteiger partial charge in [-0.15, -0.1) is 0 Å². The first-order valence-electron chi connectivity index (χ1n) is 11.5. The van der Waals surface area contributed by atoms with Gasteiger partial charge < -0.3 is 19.4 Å². The van der Waals surface area contributed by atoms with Gasteiger partial charge in [0.2, 0.25) is 5.91 Å². The minimum Gasteiger partial charge on any atom is -0.489 e. The number of rotatable bonds is 5. The van der Waals surface area contributed by atoms with E-state index in [0.29, 0.717) is 31.0 Å². The van der Waals surface area contributed by atoms with Gasteiger partial charge in [-0.05, 0) is 50.6 Å². The number of likely N-dealkylation sites (N-methyl/N-ethyl adjacent to an activating group) is 1. The highest BCUT2D eigenvalue weighted by molar-refractivity contribution is 5.94. The van der Waals surface area contributed by atoms with Crippen molar-refractivity contribution in [1.29, 1.82) is 0 Å². The summed E-state index contributed by atoms with van der Waals surface area (Å²) in [6.07, 6.45) is 1.47. The number of carbonyl (C=O) groups is 2. The summed E-state index contributed by atoms with van der Waals surface area (Å²) in [5, 5.41) is 0. The lowest BCUT2D eigenvalue weighted by Gasteiger charge is -2.37. The third-order valence-corrected chi connectivity index (χ3v) is 6.52. The maximum atomic E-state index is 13.1. The van der Waals surface area contributed by atoms with Crippen LogP contribution in [0.4, 0.5) is 0 Å². The Kier molecular flexibility index (Phi) is 7.10. The molecular formula is C26H33N3O3. The van der Waals surface area contributed by atoms with Crippen LogP contribution in [0, 0.1) is 12.8 Å². The van der Waals surface area contributed by atoms with Crippen molar-refractivity contribution < 1.29 is 14.3 Å². The van der Waals surface area contributed by atoms with Crippen LogP contribution in [0.2, 0.25) is 0 Å². The predicted molar refractivity (Wildman–Crippen MR) is 125 cm³/mol. The molecule has 2 amide bonds. The van der Waals surface area contributed by atoms with E-state index in [9.17, 15) is 9.59 Å². The fourth-order valence-corrected chi connectivity index (χ4v) is 4.48. The molecule has 0 spiro atoms. The molecule has 2 heterocycles. The minimum atomic E-state index is 0.0106. The number of ether oxygens (including phenoxy) is 1. The van der Waals surface area contributed by atoms with Crippen molar-refractivity contribution in [3.05, 3.63) is 65.2 Å². The number of piperidine rings is 1. The van der Waals surface area contributed by atoms with Crippen molar-refractivity contribution in [3.63, 3.8) is 0 Å². The highest BCUT2D eigenvalue weighted by Crippen LogP contribution is 2.23. The van der Waals surface area contributed by atoms with Crippen LogP contribution in [0.1, 0.15) is 34.3 Å². The van der Waals surface area contributed by atoms with Crippen LogP contribution in [0.3, 0.4) is 0 Å². The Morgan fingerprint density at radius 2 is 1.62 bits per heavy atom. The highest BCUT2D eigenvalue weighted by Gasteiger charge is 2.31. The van der Waals surface area contributed by atoms with Crippen molar-refractivity contribution in [1.82, 2.24) is 14.7 Å². The van der Waals surface area contributed by atoms with E-state index in [1.54, 1.807) is 0 Å². The lowest BCUT2D eigenvalue weighted by atomic mass is 9.94. The van der Waals surface area contributed by atoms with Gasteiger partial charge in [0.25, 0.3) is 5.91 Å². The maximum Gasteiger partial charge on any atom is 0.253 e. The second kappa shape index (κ2) is 10.2. The zero-order valence-electron chi connectivity index (χ0n) is 19.1. The summed E-state index contributed by atoms with van der Waals surface area (Å²) in [7, 11) is 2.09. The van der Waals surface area contributed by atoms with E-state index in [1.165, 1.54) is 5.56 Å². The van der Waals surface area contributed by atoms with Crippen LogP contribution >= 0.6 is 0 Å². The molecule has 0 N–H and O–H groups in total. The molecule has 2 saturated heterocycles. The number of piperazine rings is 1. The van der Waals surface area contributed by atoms with Gasteiger partial charge >= 0.3 is 0 Å². The van der Waals surface area contributed by atoms with Gasteiger partial charge in [-0.2, -0.15) is 0 Å². The molecule has 0 atom stereocenters. The SMILES string of the molecule is Cc1cccc(COc2cccc(C(=O)N3CCC(C(=O)N4CCN(C)CC4)CC3)c2)c1. The van der Waals surface area contributed by atoms with Crippen LogP contribution in [-0.2, 0) is 11.4 Å². The van der Waals surface area contributed by atoms with E-state index in [2.05, 4.69) is 31.0 Å². The van der Waals surface area contributed by atoms with Crippen LogP contribution in [0.15, 0.2) is 48.5 Å². The fourth-order valence-electron chi connectivity index (χ4n) is 4.48. The second-order valence-corrected chi connectivity index (χ2v) is 9.00. The Bertz CT molecular complexity index is 945. The minimum absolute atomic E-state index is 0.0106. The molecule has 2 aromatic rings.